The molecule has 0 aliphatic heterocycles. The van der Waals surface area contributed by atoms with Gasteiger partial charge in [0.1, 0.15) is 0 Å². The van der Waals surface area contributed by atoms with Crippen LogP contribution in [-0.4, -0.2) is 0 Å². The quantitative estimate of drug-likeness (QED) is 0.503. The first kappa shape index (κ1) is 11.1. The predicted octanol–water partition coefficient (Wildman–Crippen LogP) is 0.0353. The molecule has 0 fully saturated rings. The summed E-state index contributed by atoms with van der Waals surface area (Å²) in [4.78, 5) is 0. The minimum atomic E-state index is 0. The minimum absolute atomic E-state index is 0. The van der Waals surface area contributed by atoms with Crippen LogP contribution in [0.15, 0.2) is 23.8 Å². The molecule has 0 aromatic rings. The van der Waals surface area contributed by atoms with Crippen LogP contribution in [0.3, 0.4) is 0 Å². The van der Waals surface area contributed by atoms with Crippen LogP contribution in [0, 0.1) is 5.92 Å². The van der Waals surface area contributed by atoms with Gasteiger partial charge in [-0.2, -0.15) is 0 Å². The first-order chi connectivity index (χ1) is 4.34. The zero-order valence-electron chi connectivity index (χ0n) is 8.22. The van der Waals surface area contributed by atoms with Gasteiger partial charge in [0, 0.05) is 0 Å². The molecule has 1 unspecified atom stereocenters. The van der Waals surface area contributed by atoms with Crippen molar-refractivity contribution in [1.82, 2.24) is 0 Å². The molecule has 0 saturated heterocycles. The van der Waals surface area contributed by atoms with E-state index < -0.39 is 0 Å². The van der Waals surface area contributed by atoms with Crippen molar-refractivity contribution in [3.05, 3.63) is 23.8 Å². The van der Waals surface area contributed by atoms with Gasteiger partial charge in [0.25, 0.3) is 0 Å². The smallest absolute Gasteiger partial charge is 1.00 e. The molecule has 0 heterocycles. The fraction of sp³-hybridized carbons (Fsp3) is 0.556. The Morgan fingerprint density at radius 1 is 1.70 bits per heavy atom. The van der Waals surface area contributed by atoms with Crippen molar-refractivity contribution in [3.8, 4) is 0 Å². The van der Waals surface area contributed by atoms with Gasteiger partial charge in [0.2, 0.25) is 0 Å². The van der Waals surface area contributed by atoms with Crippen LogP contribution in [0.5, 0.6) is 0 Å². The van der Waals surface area contributed by atoms with Crippen LogP contribution in [0.4, 0.5) is 0 Å². The summed E-state index contributed by atoms with van der Waals surface area (Å²) >= 11 is 0. The van der Waals surface area contributed by atoms with Crippen molar-refractivity contribution in [2.75, 3.05) is 0 Å². The van der Waals surface area contributed by atoms with E-state index in [2.05, 4.69) is 32.1 Å². The van der Waals surface area contributed by atoms with Crippen LogP contribution in [0.1, 0.15) is 28.1 Å². The fourth-order valence-electron chi connectivity index (χ4n) is 1.09. The molecule has 1 heteroatoms. The van der Waals surface area contributed by atoms with Crippen molar-refractivity contribution in [1.29, 1.82) is 0 Å². The summed E-state index contributed by atoms with van der Waals surface area (Å²) < 4.78 is 0. The second-order valence-electron chi connectivity index (χ2n) is 2.68. The van der Waals surface area contributed by atoms with Gasteiger partial charge in [0.15, 0.2) is 0 Å². The van der Waals surface area contributed by atoms with Crippen LogP contribution < -0.4 is 51.4 Å². The first-order valence-corrected chi connectivity index (χ1v) is 3.70. The van der Waals surface area contributed by atoms with Crippen LogP contribution in [-0.2, 0) is 0 Å². The third-order valence-corrected chi connectivity index (χ3v) is 2.05. The Kier molecular flexibility index (Phi) is 6.37. The van der Waals surface area contributed by atoms with Crippen molar-refractivity contribution in [2.24, 2.45) is 5.92 Å². The number of hydrogen-bond donors (Lipinski definition) is 0. The van der Waals surface area contributed by atoms with Gasteiger partial charge in [-0.3, -0.25) is 0 Å². The number of rotatable bonds is 2. The molecule has 1 rings (SSSR count). The molecular formula is C9H15K. The standard InChI is InChI=1S/C9H14.K.H/c1-3-8(2)9-6-4-5-7-9;;/h4-6,8H,3,7H2,1-2H3;;/q;+1;-1. The molecule has 0 aromatic carbocycles. The Labute approximate surface area is 108 Å². The maximum absolute atomic E-state index is 2.29. The SMILES string of the molecule is CCC(C)C1=CC=CC1.[H-].[K+]. The van der Waals surface area contributed by atoms with E-state index >= 15 is 0 Å². The van der Waals surface area contributed by atoms with E-state index in [1.165, 1.54) is 12.8 Å². The van der Waals surface area contributed by atoms with Crippen LogP contribution in [0.2, 0.25) is 0 Å². The van der Waals surface area contributed by atoms with Crippen molar-refractivity contribution in [2.45, 2.75) is 26.7 Å². The Hall–Kier alpha value is 1.12. The summed E-state index contributed by atoms with van der Waals surface area (Å²) in [7, 11) is 0. The second kappa shape index (κ2) is 5.73. The van der Waals surface area contributed by atoms with Crippen LogP contribution in [0.25, 0.3) is 0 Å². The predicted molar refractivity (Wildman–Crippen MR) is 42.4 cm³/mol. The normalized spacial score (nSPS) is 18.0. The van der Waals surface area contributed by atoms with E-state index in [9.17, 15) is 0 Å². The molecule has 1 aliphatic carbocycles. The molecule has 1 atom stereocenters. The van der Waals surface area contributed by atoms with Gasteiger partial charge >= 0.3 is 51.4 Å². The van der Waals surface area contributed by atoms with Crippen molar-refractivity contribution >= 4 is 0 Å². The minimum Gasteiger partial charge on any atom is -1.00 e. The Morgan fingerprint density at radius 3 is 2.80 bits per heavy atom. The summed E-state index contributed by atoms with van der Waals surface area (Å²) in [6, 6.07) is 0. The van der Waals surface area contributed by atoms with E-state index in [1.54, 1.807) is 5.57 Å². The average molecular weight is 162 g/mol. The maximum atomic E-state index is 2.29. The summed E-state index contributed by atoms with van der Waals surface area (Å²) in [5.74, 6) is 0.792. The molecule has 1 aliphatic rings. The molecule has 0 bridgehead atoms. The Bertz CT molecular complexity index is 150. The summed E-state index contributed by atoms with van der Waals surface area (Å²) in [5, 5.41) is 0. The van der Waals surface area contributed by atoms with Gasteiger partial charge < -0.3 is 1.43 Å². The monoisotopic (exact) mass is 162 g/mol. The van der Waals surface area contributed by atoms with Gasteiger partial charge in [-0.15, -0.1) is 0 Å². The Morgan fingerprint density at radius 2 is 2.40 bits per heavy atom. The molecular weight excluding hydrogens is 147 g/mol. The van der Waals surface area contributed by atoms with E-state index in [4.69, 9.17) is 0 Å². The Balaban J connectivity index is 0. The zero-order chi connectivity index (χ0) is 6.69. The molecule has 0 saturated carbocycles. The molecule has 0 nitrogen and oxygen atoms in total. The molecule has 52 valence electrons. The molecule has 10 heavy (non-hydrogen) atoms. The second-order valence-corrected chi connectivity index (χ2v) is 2.68. The zero-order valence-corrected chi connectivity index (χ0v) is 10.3. The summed E-state index contributed by atoms with van der Waals surface area (Å²) in [6.07, 6.45) is 9.08. The molecule has 0 N–H and O–H groups in total. The van der Waals surface area contributed by atoms with Gasteiger partial charge in [-0.1, -0.05) is 37.6 Å². The third kappa shape index (κ3) is 3.01. The van der Waals surface area contributed by atoms with E-state index in [-0.39, 0.29) is 52.8 Å². The maximum Gasteiger partial charge on any atom is 1.00 e. The van der Waals surface area contributed by atoms with Crippen LogP contribution >= 0.6 is 0 Å². The van der Waals surface area contributed by atoms with E-state index in [0.717, 1.165) is 5.92 Å². The van der Waals surface area contributed by atoms with Gasteiger partial charge in [-0.25, -0.2) is 0 Å². The fourth-order valence-corrected chi connectivity index (χ4v) is 1.09. The summed E-state index contributed by atoms with van der Waals surface area (Å²) in [5.41, 5.74) is 1.59. The number of allylic oxidation sites excluding steroid dienone is 4. The van der Waals surface area contributed by atoms with Crippen molar-refractivity contribution in [3.63, 3.8) is 0 Å². The average Bonchev–Trinajstić information content (AvgIpc) is 2.37. The van der Waals surface area contributed by atoms with E-state index in [1.807, 2.05) is 0 Å². The summed E-state index contributed by atoms with van der Waals surface area (Å²) in [6.45, 7) is 4.53. The number of hydrogen-bond acceptors (Lipinski definition) is 0. The topological polar surface area (TPSA) is 0 Å². The molecule has 0 radical (unpaired) electrons. The molecule has 0 amide bonds. The van der Waals surface area contributed by atoms with E-state index in [0.29, 0.717) is 0 Å². The molecule has 0 spiro atoms. The van der Waals surface area contributed by atoms with Crippen molar-refractivity contribution < 1.29 is 52.8 Å². The van der Waals surface area contributed by atoms with Gasteiger partial charge in [0.05, 0.1) is 0 Å². The first-order valence-electron chi connectivity index (χ1n) is 3.70. The van der Waals surface area contributed by atoms with Gasteiger partial charge in [-0.05, 0) is 18.8 Å². The largest absolute Gasteiger partial charge is 1.00 e. The third-order valence-electron chi connectivity index (χ3n) is 2.05. The molecule has 0 aromatic heterocycles.